The highest BCUT2D eigenvalue weighted by Gasteiger charge is 2.12. The topological polar surface area (TPSA) is 35.2 Å². The van der Waals surface area contributed by atoms with Crippen LogP contribution < -0.4 is 10.5 Å². The maximum absolute atomic E-state index is 6.08. The minimum absolute atomic E-state index is 0. The lowest BCUT2D eigenvalue weighted by atomic mass is 10.0. The molecule has 0 saturated carbocycles. The van der Waals surface area contributed by atoms with Crippen LogP contribution in [0.1, 0.15) is 24.9 Å². The van der Waals surface area contributed by atoms with Gasteiger partial charge in [-0.1, -0.05) is 21.5 Å². The van der Waals surface area contributed by atoms with Crippen LogP contribution in [-0.2, 0) is 0 Å². The molecule has 2 nitrogen and oxygen atoms in total. The highest BCUT2D eigenvalue weighted by atomic mass is 79.9. The van der Waals surface area contributed by atoms with E-state index in [0.717, 1.165) is 27.8 Å². The normalized spacial score (nSPS) is 11.5. The highest BCUT2D eigenvalue weighted by molar-refractivity contribution is 9.10. The van der Waals surface area contributed by atoms with E-state index in [4.69, 9.17) is 10.5 Å². The Hall–Kier alpha value is -0.510. The van der Waals surface area contributed by atoms with Gasteiger partial charge in [0.05, 0.1) is 7.11 Å². The standard InChI is InChI=1S/C12H16BrNO.ClH/c1-8(2)6-11(14)10-7-9(13)4-5-12(10)15-3;/h4-5,7,11H,1,6,14H2,2-3H3;1H/t11-;/m1./s1. The molecule has 0 aliphatic carbocycles. The minimum atomic E-state index is -0.0602. The van der Waals surface area contributed by atoms with Crippen LogP contribution in [0.5, 0.6) is 5.75 Å². The second-order valence-electron chi connectivity index (χ2n) is 3.65. The molecule has 0 radical (unpaired) electrons. The Morgan fingerprint density at radius 2 is 2.19 bits per heavy atom. The van der Waals surface area contributed by atoms with Crippen LogP contribution in [0.15, 0.2) is 34.8 Å². The summed E-state index contributed by atoms with van der Waals surface area (Å²) in [6.07, 6.45) is 0.771. The van der Waals surface area contributed by atoms with Crippen LogP contribution in [-0.4, -0.2) is 7.11 Å². The van der Waals surface area contributed by atoms with Crippen LogP contribution in [0, 0.1) is 0 Å². The quantitative estimate of drug-likeness (QED) is 0.858. The van der Waals surface area contributed by atoms with Gasteiger partial charge in [0.2, 0.25) is 0 Å². The Morgan fingerprint density at radius 1 is 1.56 bits per heavy atom. The SMILES string of the molecule is C=C(C)C[C@@H](N)c1cc(Br)ccc1OC.Cl. The first-order valence-electron chi connectivity index (χ1n) is 4.78. The van der Waals surface area contributed by atoms with E-state index in [1.165, 1.54) is 0 Å². The first-order chi connectivity index (χ1) is 7.04. The molecule has 0 amide bonds. The van der Waals surface area contributed by atoms with Crippen molar-refractivity contribution in [1.82, 2.24) is 0 Å². The van der Waals surface area contributed by atoms with E-state index in [-0.39, 0.29) is 18.4 Å². The lowest BCUT2D eigenvalue weighted by Crippen LogP contribution is -2.11. The molecule has 0 fully saturated rings. The first kappa shape index (κ1) is 15.5. The molecule has 16 heavy (non-hydrogen) atoms. The highest BCUT2D eigenvalue weighted by Crippen LogP contribution is 2.29. The van der Waals surface area contributed by atoms with Gasteiger partial charge in [-0.2, -0.15) is 0 Å². The summed E-state index contributed by atoms with van der Waals surface area (Å²) in [7, 11) is 1.65. The van der Waals surface area contributed by atoms with Crippen LogP contribution in [0.4, 0.5) is 0 Å². The number of ether oxygens (including phenoxy) is 1. The number of methoxy groups -OCH3 is 1. The van der Waals surface area contributed by atoms with Gasteiger partial charge in [-0.25, -0.2) is 0 Å². The van der Waals surface area contributed by atoms with Crippen molar-refractivity contribution in [3.63, 3.8) is 0 Å². The van der Waals surface area contributed by atoms with Gasteiger partial charge in [0.1, 0.15) is 5.75 Å². The number of hydrogen-bond donors (Lipinski definition) is 1. The third kappa shape index (κ3) is 4.16. The Morgan fingerprint density at radius 3 is 2.69 bits per heavy atom. The maximum atomic E-state index is 6.08. The van der Waals surface area contributed by atoms with Crippen molar-refractivity contribution >= 4 is 28.3 Å². The maximum Gasteiger partial charge on any atom is 0.123 e. The fraction of sp³-hybridized carbons (Fsp3) is 0.333. The molecule has 0 saturated heterocycles. The predicted octanol–water partition coefficient (Wildman–Crippen LogP) is 3.85. The van der Waals surface area contributed by atoms with Crippen molar-refractivity contribution in [3.05, 3.63) is 40.4 Å². The van der Waals surface area contributed by atoms with Gasteiger partial charge in [0, 0.05) is 16.1 Å². The van der Waals surface area contributed by atoms with Crippen LogP contribution in [0.3, 0.4) is 0 Å². The predicted molar refractivity (Wildman–Crippen MR) is 74.3 cm³/mol. The second kappa shape index (κ2) is 6.94. The second-order valence-corrected chi connectivity index (χ2v) is 4.57. The van der Waals surface area contributed by atoms with E-state index >= 15 is 0 Å². The Kier molecular flexibility index (Phi) is 6.72. The van der Waals surface area contributed by atoms with E-state index in [0.29, 0.717) is 0 Å². The number of rotatable bonds is 4. The molecule has 0 bridgehead atoms. The molecular formula is C12H17BrClNO. The van der Waals surface area contributed by atoms with Gasteiger partial charge in [-0.3, -0.25) is 0 Å². The monoisotopic (exact) mass is 305 g/mol. The van der Waals surface area contributed by atoms with E-state index < -0.39 is 0 Å². The van der Waals surface area contributed by atoms with Crippen LogP contribution in [0.2, 0.25) is 0 Å². The van der Waals surface area contributed by atoms with Crippen molar-refractivity contribution in [2.75, 3.05) is 7.11 Å². The van der Waals surface area contributed by atoms with Gasteiger partial charge < -0.3 is 10.5 Å². The van der Waals surface area contributed by atoms with Crippen molar-refractivity contribution in [3.8, 4) is 5.75 Å². The summed E-state index contributed by atoms with van der Waals surface area (Å²) < 4.78 is 6.28. The third-order valence-corrected chi connectivity index (χ3v) is 2.65. The molecular weight excluding hydrogens is 289 g/mol. The summed E-state index contributed by atoms with van der Waals surface area (Å²) in [6, 6.07) is 5.79. The average Bonchev–Trinajstić information content (AvgIpc) is 2.16. The van der Waals surface area contributed by atoms with Gasteiger partial charge >= 0.3 is 0 Å². The summed E-state index contributed by atoms with van der Waals surface area (Å²) >= 11 is 3.43. The van der Waals surface area contributed by atoms with Crippen molar-refractivity contribution in [2.45, 2.75) is 19.4 Å². The molecule has 0 aromatic heterocycles. The summed E-state index contributed by atoms with van der Waals surface area (Å²) in [5.74, 6) is 0.826. The first-order valence-corrected chi connectivity index (χ1v) is 5.57. The molecule has 90 valence electrons. The summed E-state index contributed by atoms with van der Waals surface area (Å²) in [5.41, 5.74) is 8.16. The number of nitrogens with two attached hydrogens (primary N) is 1. The van der Waals surface area contributed by atoms with E-state index in [1.54, 1.807) is 7.11 Å². The molecule has 1 rings (SSSR count). The molecule has 1 aromatic carbocycles. The van der Waals surface area contributed by atoms with E-state index in [1.807, 2.05) is 25.1 Å². The Balaban J connectivity index is 0.00000225. The summed E-state index contributed by atoms with van der Waals surface area (Å²) in [5, 5.41) is 0. The molecule has 4 heteroatoms. The zero-order chi connectivity index (χ0) is 11.4. The van der Waals surface area contributed by atoms with Crippen molar-refractivity contribution < 1.29 is 4.74 Å². The lowest BCUT2D eigenvalue weighted by Gasteiger charge is -2.16. The fourth-order valence-electron chi connectivity index (χ4n) is 1.48. The van der Waals surface area contributed by atoms with E-state index in [9.17, 15) is 0 Å². The Bertz CT molecular complexity index is 368. The zero-order valence-corrected chi connectivity index (χ0v) is 11.9. The molecule has 1 aromatic rings. The fourth-order valence-corrected chi connectivity index (χ4v) is 1.86. The van der Waals surface area contributed by atoms with Gasteiger partial charge in [-0.05, 0) is 31.5 Å². The minimum Gasteiger partial charge on any atom is -0.496 e. The largest absolute Gasteiger partial charge is 0.496 e. The summed E-state index contributed by atoms with van der Waals surface area (Å²) in [4.78, 5) is 0. The van der Waals surface area contributed by atoms with Crippen LogP contribution in [0.25, 0.3) is 0 Å². The van der Waals surface area contributed by atoms with E-state index in [2.05, 4.69) is 22.5 Å². The molecule has 1 atom stereocenters. The average molecular weight is 307 g/mol. The van der Waals surface area contributed by atoms with Gasteiger partial charge in [-0.15, -0.1) is 19.0 Å². The molecule has 0 aliphatic heterocycles. The number of hydrogen-bond acceptors (Lipinski definition) is 2. The molecule has 2 N–H and O–H groups in total. The smallest absolute Gasteiger partial charge is 0.123 e. The Labute approximate surface area is 111 Å². The van der Waals surface area contributed by atoms with Gasteiger partial charge in [0.25, 0.3) is 0 Å². The number of halogens is 2. The molecule has 0 aliphatic rings. The van der Waals surface area contributed by atoms with Crippen molar-refractivity contribution in [2.24, 2.45) is 5.73 Å². The number of benzene rings is 1. The van der Waals surface area contributed by atoms with Crippen molar-refractivity contribution in [1.29, 1.82) is 0 Å². The molecule has 0 heterocycles. The van der Waals surface area contributed by atoms with Gasteiger partial charge in [0.15, 0.2) is 0 Å². The third-order valence-electron chi connectivity index (χ3n) is 2.16. The zero-order valence-electron chi connectivity index (χ0n) is 9.50. The molecule has 0 spiro atoms. The lowest BCUT2D eigenvalue weighted by molar-refractivity contribution is 0.405. The molecule has 0 unspecified atom stereocenters. The van der Waals surface area contributed by atoms with Crippen LogP contribution >= 0.6 is 28.3 Å². The summed E-state index contributed by atoms with van der Waals surface area (Å²) in [6.45, 7) is 5.84.